The fourth-order valence-corrected chi connectivity index (χ4v) is 1.69. The zero-order valence-corrected chi connectivity index (χ0v) is 11.7. The number of anilines is 3. The normalized spacial score (nSPS) is 10.0. The number of hydrogen-bond donors (Lipinski definition) is 3. The van der Waals surface area contributed by atoms with Crippen molar-refractivity contribution in [2.45, 2.75) is 0 Å². The number of aromatic nitrogens is 2. The summed E-state index contributed by atoms with van der Waals surface area (Å²) in [6.45, 7) is 0. The molecule has 1 aromatic carbocycles. The van der Waals surface area contributed by atoms with E-state index in [1.807, 2.05) is 0 Å². The van der Waals surface area contributed by atoms with Gasteiger partial charge in [-0.15, -0.1) is 0 Å². The summed E-state index contributed by atoms with van der Waals surface area (Å²) in [6.07, 6.45) is 1.45. The van der Waals surface area contributed by atoms with Crippen LogP contribution in [0.5, 0.6) is 11.5 Å². The van der Waals surface area contributed by atoms with E-state index in [4.69, 9.17) is 26.9 Å². The largest absolute Gasteiger partial charge is 0.497 e. The molecule has 0 unspecified atom stereocenters. The Morgan fingerprint density at radius 1 is 1.25 bits per heavy atom. The van der Waals surface area contributed by atoms with Gasteiger partial charge in [0.1, 0.15) is 16.5 Å². The van der Waals surface area contributed by atoms with Gasteiger partial charge in [0.2, 0.25) is 5.95 Å². The number of nitrogens with zero attached hydrogens (tertiary/aromatic N) is 2. The molecule has 0 radical (unpaired) electrons. The first-order valence-corrected chi connectivity index (χ1v) is 6.04. The van der Waals surface area contributed by atoms with Gasteiger partial charge in [-0.2, -0.15) is 4.98 Å². The van der Waals surface area contributed by atoms with Crippen LogP contribution in [0, 0.1) is 0 Å². The van der Waals surface area contributed by atoms with Crippen molar-refractivity contribution in [3.63, 3.8) is 0 Å². The summed E-state index contributed by atoms with van der Waals surface area (Å²) in [4.78, 5) is 8.03. The zero-order valence-electron chi connectivity index (χ0n) is 11.0. The second-order valence-corrected chi connectivity index (χ2v) is 4.13. The standard InChI is InChI=1S/C12H14ClN5O2/c1-19-7-3-4-9(10(5-7)20-2)16-11-8(13)6-15-12(17-11)18-14/h3-6H,14H2,1-2H3,(H2,15,16,17,18). The molecule has 2 aromatic rings. The van der Waals surface area contributed by atoms with Crippen molar-refractivity contribution in [2.75, 3.05) is 25.0 Å². The number of benzene rings is 1. The number of halogens is 1. The average molecular weight is 296 g/mol. The first-order chi connectivity index (χ1) is 9.67. The summed E-state index contributed by atoms with van der Waals surface area (Å²) < 4.78 is 10.4. The quantitative estimate of drug-likeness (QED) is 0.575. The molecule has 0 fully saturated rings. The van der Waals surface area contributed by atoms with E-state index in [1.165, 1.54) is 6.20 Å². The van der Waals surface area contributed by atoms with Gasteiger partial charge >= 0.3 is 0 Å². The maximum atomic E-state index is 6.04. The fourth-order valence-electron chi connectivity index (χ4n) is 1.55. The molecular weight excluding hydrogens is 282 g/mol. The van der Waals surface area contributed by atoms with E-state index < -0.39 is 0 Å². The fraction of sp³-hybridized carbons (Fsp3) is 0.167. The summed E-state index contributed by atoms with van der Waals surface area (Å²) in [6, 6.07) is 5.34. The molecule has 0 aliphatic heterocycles. The van der Waals surface area contributed by atoms with Crippen molar-refractivity contribution >= 4 is 29.1 Å². The molecule has 1 heterocycles. The summed E-state index contributed by atoms with van der Waals surface area (Å²) in [5, 5.41) is 3.42. The molecule has 8 heteroatoms. The molecular formula is C12H14ClN5O2. The summed E-state index contributed by atoms with van der Waals surface area (Å²) in [5.74, 6) is 7.22. The number of hydrazine groups is 1. The van der Waals surface area contributed by atoms with Gasteiger partial charge < -0.3 is 14.8 Å². The van der Waals surface area contributed by atoms with Gasteiger partial charge in [-0.3, -0.25) is 5.43 Å². The Labute approximate surface area is 121 Å². The zero-order chi connectivity index (χ0) is 14.5. The molecule has 7 nitrogen and oxygen atoms in total. The highest BCUT2D eigenvalue weighted by molar-refractivity contribution is 6.32. The van der Waals surface area contributed by atoms with Crippen LogP contribution in [0.4, 0.5) is 17.5 Å². The number of hydrogen-bond acceptors (Lipinski definition) is 7. The topological polar surface area (TPSA) is 94.3 Å². The Bertz CT molecular complexity index is 608. The highest BCUT2D eigenvalue weighted by Gasteiger charge is 2.09. The van der Waals surface area contributed by atoms with E-state index in [1.54, 1.807) is 32.4 Å². The Kier molecular flexibility index (Phi) is 4.44. The van der Waals surface area contributed by atoms with Crippen LogP contribution in [0.3, 0.4) is 0 Å². The molecule has 0 aliphatic rings. The Morgan fingerprint density at radius 3 is 2.70 bits per heavy atom. The van der Waals surface area contributed by atoms with Crippen LogP contribution in [-0.2, 0) is 0 Å². The van der Waals surface area contributed by atoms with E-state index in [9.17, 15) is 0 Å². The van der Waals surface area contributed by atoms with Gasteiger partial charge in [0.05, 0.1) is 26.1 Å². The van der Waals surface area contributed by atoms with Gasteiger partial charge in [0, 0.05) is 6.07 Å². The maximum absolute atomic E-state index is 6.04. The number of nitrogen functional groups attached to an aromatic ring is 1. The van der Waals surface area contributed by atoms with Gasteiger partial charge in [0.25, 0.3) is 0 Å². The number of ether oxygens (including phenoxy) is 2. The third-order valence-corrected chi connectivity index (χ3v) is 2.81. The van der Waals surface area contributed by atoms with Crippen molar-refractivity contribution in [3.8, 4) is 11.5 Å². The molecule has 0 bridgehead atoms. The minimum Gasteiger partial charge on any atom is -0.497 e. The maximum Gasteiger partial charge on any atom is 0.239 e. The highest BCUT2D eigenvalue weighted by Crippen LogP contribution is 2.32. The molecule has 2 rings (SSSR count). The molecule has 0 saturated heterocycles. The number of methoxy groups -OCH3 is 2. The van der Waals surface area contributed by atoms with Crippen LogP contribution in [0.2, 0.25) is 5.02 Å². The Balaban J connectivity index is 2.34. The van der Waals surface area contributed by atoms with Crippen molar-refractivity contribution in [3.05, 3.63) is 29.4 Å². The molecule has 0 saturated carbocycles. The van der Waals surface area contributed by atoms with Crippen LogP contribution in [-0.4, -0.2) is 24.2 Å². The van der Waals surface area contributed by atoms with Gasteiger partial charge in [-0.1, -0.05) is 11.6 Å². The van der Waals surface area contributed by atoms with Crippen LogP contribution in [0.15, 0.2) is 24.4 Å². The third-order valence-electron chi connectivity index (χ3n) is 2.53. The van der Waals surface area contributed by atoms with Crippen LogP contribution < -0.4 is 26.1 Å². The molecule has 20 heavy (non-hydrogen) atoms. The molecule has 0 spiro atoms. The first-order valence-electron chi connectivity index (χ1n) is 5.66. The highest BCUT2D eigenvalue weighted by atomic mass is 35.5. The van der Waals surface area contributed by atoms with Gasteiger partial charge in [0.15, 0.2) is 5.82 Å². The smallest absolute Gasteiger partial charge is 0.239 e. The minimum absolute atomic E-state index is 0.254. The lowest BCUT2D eigenvalue weighted by atomic mass is 10.2. The number of rotatable bonds is 5. The third kappa shape index (κ3) is 3.01. The Hall–Kier alpha value is -2.25. The van der Waals surface area contributed by atoms with E-state index in [0.29, 0.717) is 28.0 Å². The SMILES string of the molecule is COc1ccc(Nc2nc(NN)ncc2Cl)c(OC)c1. The lowest BCUT2D eigenvalue weighted by molar-refractivity contribution is 0.395. The van der Waals surface area contributed by atoms with Gasteiger partial charge in [-0.05, 0) is 12.1 Å². The van der Waals surface area contributed by atoms with E-state index in [0.717, 1.165) is 0 Å². The Morgan fingerprint density at radius 2 is 2.05 bits per heavy atom. The number of nitrogens with one attached hydrogen (secondary N) is 2. The van der Waals surface area contributed by atoms with Gasteiger partial charge in [-0.25, -0.2) is 10.8 Å². The van der Waals surface area contributed by atoms with Crippen molar-refractivity contribution < 1.29 is 9.47 Å². The monoisotopic (exact) mass is 295 g/mol. The molecule has 4 N–H and O–H groups in total. The second-order valence-electron chi connectivity index (χ2n) is 3.73. The van der Waals surface area contributed by atoms with Crippen molar-refractivity contribution in [1.82, 2.24) is 9.97 Å². The minimum atomic E-state index is 0.254. The average Bonchev–Trinajstić information content (AvgIpc) is 2.49. The molecule has 0 atom stereocenters. The van der Waals surface area contributed by atoms with Crippen LogP contribution in [0.25, 0.3) is 0 Å². The predicted octanol–water partition coefficient (Wildman–Crippen LogP) is 2.18. The lowest BCUT2D eigenvalue weighted by Crippen LogP contribution is -2.11. The predicted molar refractivity (Wildman–Crippen MR) is 77.7 cm³/mol. The molecule has 106 valence electrons. The lowest BCUT2D eigenvalue weighted by Gasteiger charge is -2.13. The number of nitrogens with two attached hydrogens (primary N) is 1. The summed E-state index contributed by atoms with van der Waals surface area (Å²) >= 11 is 6.04. The van der Waals surface area contributed by atoms with E-state index in [2.05, 4.69) is 20.7 Å². The first kappa shape index (κ1) is 14.2. The molecule has 0 amide bonds. The van der Waals surface area contributed by atoms with E-state index >= 15 is 0 Å². The molecule has 0 aliphatic carbocycles. The van der Waals surface area contributed by atoms with Crippen molar-refractivity contribution in [2.24, 2.45) is 5.84 Å². The summed E-state index contributed by atoms with van der Waals surface area (Å²) in [5.41, 5.74) is 3.05. The van der Waals surface area contributed by atoms with Crippen molar-refractivity contribution in [1.29, 1.82) is 0 Å². The van der Waals surface area contributed by atoms with Crippen LogP contribution in [0.1, 0.15) is 0 Å². The van der Waals surface area contributed by atoms with E-state index in [-0.39, 0.29) is 5.95 Å². The second kappa shape index (κ2) is 6.27. The summed E-state index contributed by atoms with van der Waals surface area (Å²) in [7, 11) is 3.15. The van der Waals surface area contributed by atoms with Crippen LogP contribution >= 0.6 is 11.6 Å². The molecule has 1 aromatic heterocycles.